The molecule has 0 amide bonds. The first-order valence-electron chi connectivity index (χ1n) is 8.45. The fourth-order valence-electron chi connectivity index (χ4n) is 3.00. The number of fused-ring (bicyclic) bond motifs is 1. The fourth-order valence-corrected chi connectivity index (χ4v) is 3.00. The number of methoxy groups -OCH3 is 1. The molecule has 2 heterocycles. The normalized spacial score (nSPS) is 10.8. The van der Waals surface area contributed by atoms with Gasteiger partial charge in [-0.05, 0) is 48.5 Å². The van der Waals surface area contributed by atoms with Gasteiger partial charge in [0.15, 0.2) is 0 Å². The van der Waals surface area contributed by atoms with Gasteiger partial charge >= 0.3 is 5.97 Å². The van der Waals surface area contributed by atoms with E-state index in [0.717, 1.165) is 22.2 Å². The number of ether oxygens (including phenoxy) is 1. The molecule has 6 nitrogen and oxygen atoms in total. The van der Waals surface area contributed by atoms with E-state index in [2.05, 4.69) is 15.3 Å². The Morgan fingerprint density at radius 2 is 2.00 bits per heavy atom. The Kier molecular flexibility index (Phi) is 4.41. The third-order valence-electron chi connectivity index (χ3n) is 4.36. The van der Waals surface area contributed by atoms with E-state index in [0.29, 0.717) is 17.1 Å². The second-order valence-electron chi connectivity index (χ2n) is 6.22. The van der Waals surface area contributed by atoms with Gasteiger partial charge in [0.1, 0.15) is 11.6 Å². The molecule has 0 bridgehead atoms. The van der Waals surface area contributed by atoms with E-state index < -0.39 is 5.97 Å². The summed E-state index contributed by atoms with van der Waals surface area (Å²) in [6.07, 6.45) is 3.35. The van der Waals surface area contributed by atoms with Gasteiger partial charge in [-0.25, -0.2) is 9.18 Å². The summed E-state index contributed by atoms with van der Waals surface area (Å²) in [4.78, 5) is 18.6. The number of H-pyrrole nitrogens is 1. The van der Waals surface area contributed by atoms with Crippen molar-refractivity contribution in [2.24, 2.45) is 0 Å². The van der Waals surface area contributed by atoms with Crippen LogP contribution in [0.4, 0.5) is 15.8 Å². The number of anilines is 2. The molecule has 3 N–H and O–H groups in total. The van der Waals surface area contributed by atoms with Gasteiger partial charge in [-0.2, -0.15) is 0 Å². The molecule has 0 radical (unpaired) electrons. The Balaban J connectivity index is 1.66. The van der Waals surface area contributed by atoms with Crippen LogP contribution in [-0.2, 0) is 0 Å². The number of nitrogens with one attached hydrogen (secondary N) is 2. The van der Waals surface area contributed by atoms with Crippen LogP contribution < -0.4 is 10.1 Å². The van der Waals surface area contributed by atoms with Crippen LogP contribution in [0.3, 0.4) is 0 Å². The highest BCUT2D eigenvalue weighted by atomic mass is 19.1. The summed E-state index contributed by atoms with van der Waals surface area (Å²) >= 11 is 0. The van der Waals surface area contributed by atoms with Crippen molar-refractivity contribution in [3.63, 3.8) is 0 Å². The molecule has 140 valence electrons. The SMILES string of the molecule is COc1cc(C(=O)O)ccc1Nc1cncc(-c2cc3cc(F)ccc3[nH]2)c1. The van der Waals surface area contributed by atoms with Gasteiger partial charge in [0.25, 0.3) is 0 Å². The molecule has 0 aliphatic rings. The maximum atomic E-state index is 13.4. The summed E-state index contributed by atoms with van der Waals surface area (Å²) in [6.45, 7) is 0. The Morgan fingerprint density at radius 3 is 2.79 bits per heavy atom. The van der Waals surface area contributed by atoms with Crippen LogP contribution in [0.5, 0.6) is 5.75 Å². The third-order valence-corrected chi connectivity index (χ3v) is 4.36. The van der Waals surface area contributed by atoms with Crippen LogP contribution in [0.15, 0.2) is 60.9 Å². The smallest absolute Gasteiger partial charge is 0.335 e. The number of hydrogen-bond donors (Lipinski definition) is 3. The topological polar surface area (TPSA) is 87.2 Å². The lowest BCUT2D eigenvalue weighted by molar-refractivity contribution is 0.0696. The number of carboxylic acids is 1. The molecule has 0 spiro atoms. The second kappa shape index (κ2) is 7.03. The predicted octanol–water partition coefficient (Wildman–Crippen LogP) is 4.82. The Bertz CT molecular complexity index is 1190. The molecule has 2 aromatic heterocycles. The van der Waals surface area contributed by atoms with E-state index in [9.17, 15) is 9.18 Å². The maximum Gasteiger partial charge on any atom is 0.335 e. The number of benzene rings is 2. The summed E-state index contributed by atoms with van der Waals surface area (Å²) < 4.78 is 18.7. The largest absolute Gasteiger partial charge is 0.495 e. The van der Waals surface area contributed by atoms with Crippen LogP contribution in [-0.4, -0.2) is 28.2 Å². The van der Waals surface area contributed by atoms with Crippen LogP contribution in [0.1, 0.15) is 10.4 Å². The van der Waals surface area contributed by atoms with Gasteiger partial charge in [-0.15, -0.1) is 0 Å². The number of rotatable bonds is 5. The minimum Gasteiger partial charge on any atom is -0.495 e. The van der Waals surface area contributed by atoms with Gasteiger partial charge in [0, 0.05) is 28.4 Å². The number of hydrogen-bond acceptors (Lipinski definition) is 4. The summed E-state index contributed by atoms with van der Waals surface area (Å²) in [7, 11) is 1.48. The second-order valence-corrected chi connectivity index (χ2v) is 6.22. The molecule has 0 aliphatic carbocycles. The van der Waals surface area contributed by atoms with E-state index in [1.807, 2.05) is 12.1 Å². The Hall–Kier alpha value is -3.87. The highest BCUT2D eigenvalue weighted by molar-refractivity contribution is 5.89. The molecule has 4 aromatic rings. The summed E-state index contributed by atoms with van der Waals surface area (Å²) in [5.74, 6) is -0.904. The molecular weight excluding hydrogens is 361 g/mol. The van der Waals surface area contributed by atoms with Crippen molar-refractivity contribution >= 4 is 28.2 Å². The molecule has 0 aliphatic heterocycles. The van der Waals surface area contributed by atoms with Gasteiger partial charge < -0.3 is 20.1 Å². The first-order valence-corrected chi connectivity index (χ1v) is 8.45. The highest BCUT2D eigenvalue weighted by Gasteiger charge is 2.11. The van der Waals surface area contributed by atoms with Crippen molar-refractivity contribution in [3.8, 4) is 17.0 Å². The van der Waals surface area contributed by atoms with Crippen LogP contribution in [0, 0.1) is 5.82 Å². The Labute approximate surface area is 159 Å². The zero-order chi connectivity index (χ0) is 19.7. The van der Waals surface area contributed by atoms with E-state index in [1.54, 1.807) is 24.5 Å². The zero-order valence-electron chi connectivity index (χ0n) is 14.9. The molecule has 7 heteroatoms. The number of pyridine rings is 1. The minimum absolute atomic E-state index is 0.139. The Morgan fingerprint density at radius 1 is 1.14 bits per heavy atom. The van der Waals surface area contributed by atoms with Gasteiger partial charge in [-0.3, -0.25) is 4.98 Å². The number of aromatic carboxylic acids is 1. The molecule has 0 atom stereocenters. The van der Waals surface area contributed by atoms with Crippen molar-refractivity contribution in [2.75, 3.05) is 12.4 Å². The van der Waals surface area contributed by atoms with Gasteiger partial charge in [0.2, 0.25) is 0 Å². The summed E-state index contributed by atoms with van der Waals surface area (Å²) in [6, 6.07) is 12.9. The van der Waals surface area contributed by atoms with E-state index in [4.69, 9.17) is 9.84 Å². The lowest BCUT2D eigenvalue weighted by Crippen LogP contribution is -2.00. The molecule has 0 fully saturated rings. The minimum atomic E-state index is -1.02. The third kappa shape index (κ3) is 3.37. The van der Waals surface area contributed by atoms with Crippen LogP contribution >= 0.6 is 0 Å². The summed E-state index contributed by atoms with van der Waals surface area (Å²) in [5.41, 5.74) is 3.92. The quantitative estimate of drug-likeness (QED) is 0.464. The number of halogens is 1. The standard InChI is InChI=1S/C21H16FN3O3/c1-28-20-9-12(21(26)27)2-4-18(20)24-16-7-14(10-23-11-16)19-8-13-6-15(22)3-5-17(13)25-19/h2-11,24-25H,1H3,(H,26,27). The number of carboxylic acid groups (broad SMARTS) is 1. The number of nitrogens with zero attached hydrogens (tertiary/aromatic N) is 1. The van der Waals surface area contributed by atoms with Crippen molar-refractivity contribution in [1.29, 1.82) is 0 Å². The number of aromatic nitrogens is 2. The molecule has 0 saturated carbocycles. The monoisotopic (exact) mass is 377 g/mol. The zero-order valence-corrected chi connectivity index (χ0v) is 14.9. The van der Waals surface area contributed by atoms with Crippen molar-refractivity contribution in [2.45, 2.75) is 0 Å². The van der Waals surface area contributed by atoms with E-state index in [-0.39, 0.29) is 11.4 Å². The van der Waals surface area contributed by atoms with Gasteiger partial charge in [-0.1, -0.05) is 0 Å². The van der Waals surface area contributed by atoms with E-state index >= 15 is 0 Å². The fraction of sp³-hybridized carbons (Fsp3) is 0.0476. The first kappa shape index (κ1) is 17.5. The van der Waals surface area contributed by atoms with Crippen molar-refractivity contribution in [3.05, 3.63) is 72.3 Å². The number of aromatic amines is 1. The van der Waals surface area contributed by atoms with Crippen molar-refractivity contribution < 1.29 is 19.0 Å². The highest BCUT2D eigenvalue weighted by Crippen LogP contribution is 2.31. The molecule has 4 rings (SSSR count). The van der Waals surface area contributed by atoms with Gasteiger partial charge in [0.05, 0.1) is 30.2 Å². The van der Waals surface area contributed by atoms with Crippen LogP contribution in [0.2, 0.25) is 0 Å². The lowest BCUT2D eigenvalue weighted by Gasteiger charge is -2.12. The average molecular weight is 377 g/mol. The average Bonchev–Trinajstić information content (AvgIpc) is 3.11. The predicted molar refractivity (Wildman–Crippen MR) is 105 cm³/mol. The number of carbonyl (C=O) groups is 1. The summed E-state index contributed by atoms with van der Waals surface area (Å²) in [5, 5.41) is 13.1. The lowest BCUT2D eigenvalue weighted by atomic mass is 10.1. The van der Waals surface area contributed by atoms with Crippen molar-refractivity contribution in [1.82, 2.24) is 9.97 Å². The molecule has 28 heavy (non-hydrogen) atoms. The molecular formula is C21H16FN3O3. The van der Waals surface area contributed by atoms with Crippen LogP contribution in [0.25, 0.3) is 22.2 Å². The first-order chi connectivity index (χ1) is 13.5. The van der Waals surface area contributed by atoms with E-state index in [1.165, 1.54) is 31.4 Å². The molecule has 0 unspecified atom stereocenters. The molecule has 0 saturated heterocycles. The maximum absolute atomic E-state index is 13.4. The molecule has 2 aromatic carbocycles.